The molecule has 2 aromatic carbocycles. The molecule has 0 aliphatic heterocycles. The number of benzene rings is 2. The predicted octanol–water partition coefficient (Wildman–Crippen LogP) is 5.85. The van der Waals surface area contributed by atoms with Crippen molar-refractivity contribution >= 4 is 23.2 Å². The topological polar surface area (TPSA) is 20.3 Å². The first-order valence-electron chi connectivity index (χ1n) is 8.06. The summed E-state index contributed by atoms with van der Waals surface area (Å²) in [6.45, 7) is 2.44. The summed E-state index contributed by atoms with van der Waals surface area (Å²) in [6, 6.07) is 9.87. The van der Waals surface area contributed by atoms with Crippen LogP contribution in [-0.2, 0) is 0 Å². The lowest BCUT2D eigenvalue weighted by atomic mass is 10.1. The molecule has 0 heterocycles. The number of hydrogen-bond acceptors (Lipinski definition) is 1. The van der Waals surface area contributed by atoms with Gasteiger partial charge in [-0.3, -0.25) is 4.79 Å². The molecule has 2 aromatic rings. The Morgan fingerprint density at radius 2 is 1.83 bits per heavy atom. The van der Waals surface area contributed by atoms with Crippen LogP contribution < -0.4 is 4.90 Å². The van der Waals surface area contributed by atoms with Crippen molar-refractivity contribution in [1.29, 1.82) is 0 Å². The molecule has 0 aliphatic carbocycles. The SMILES string of the molecule is CCCCCCN(C(=O)c1ccccc1Cl)c1ccc(F)cc1F. The summed E-state index contributed by atoms with van der Waals surface area (Å²) < 4.78 is 27.4. The van der Waals surface area contributed by atoms with Gasteiger partial charge in [-0.2, -0.15) is 0 Å². The fourth-order valence-electron chi connectivity index (χ4n) is 2.51. The van der Waals surface area contributed by atoms with E-state index in [0.29, 0.717) is 17.1 Å². The van der Waals surface area contributed by atoms with E-state index in [9.17, 15) is 13.6 Å². The van der Waals surface area contributed by atoms with E-state index in [4.69, 9.17) is 11.6 Å². The largest absolute Gasteiger partial charge is 0.305 e. The number of hydrogen-bond donors (Lipinski definition) is 0. The van der Waals surface area contributed by atoms with Crippen molar-refractivity contribution in [2.24, 2.45) is 0 Å². The van der Waals surface area contributed by atoms with E-state index >= 15 is 0 Å². The molecule has 0 radical (unpaired) electrons. The zero-order valence-corrected chi connectivity index (χ0v) is 14.3. The summed E-state index contributed by atoms with van der Waals surface area (Å²) in [5.74, 6) is -1.82. The van der Waals surface area contributed by atoms with Crippen molar-refractivity contribution < 1.29 is 13.6 Å². The van der Waals surface area contributed by atoms with Gasteiger partial charge in [0.2, 0.25) is 0 Å². The molecule has 128 valence electrons. The Labute approximate surface area is 146 Å². The van der Waals surface area contributed by atoms with Crippen LogP contribution in [0.3, 0.4) is 0 Å². The highest BCUT2D eigenvalue weighted by Crippen LogP contribution is 2.25. The molecule has 0 saturated carbocycles. The molecule has 0 N–H and O–H groups in total. The van der Waals surface area contributed by atoms with Crippen LogP contribution >= 0.6 is 11.6 Å². The van der Waals surface area contributed by atoms with Crippen LogP contribution in [0.1, 0.15) is 43.0 Å². The third kappa shape index (κ3) is 4.54. The van der Waals surface area contributed by atoms with Crippen molar-refractivity contribution in [3.8, 4) is 0 Å². The fraction of sp³-hybridized carbons (Fsp3) is 0.316. The lowest BCUT2D eigenvalue weighted by molar-refractivity contribution is 0.0985. The fourth-order valence-corrected chi connectivity index (χ4v) is 2.72. The zero-order valence-electron chi connectivity index (χ0n) is 13.6. The third-order valence-corrected chi connectivity index (χ3v) is 4.11. The van der Waals surface area contributed by atoms with Crippen LogP contribution in [0.4, 0.5) is 14.5 Å². The Morgan fingerprint density at radius 3 is 2.50 bits per heavy atom. The van der Waals surface area contributed by atoms with Gasteiger partial charge in [0.1, 0.15) is 11.6 Å². The summed E-state index contributed by atoms with van der Waals surface area (Å²) in [5.41, 5.74) is 0.371. The van der Waals surface area contributed by atoms with Gasteiger partial charge in [-0.1, -0.05) is 49.9 Å². The van der Waals surface area contributed by atoms with Crippen molar-refractivity contribution in [3.05, 3.63) is 64.7 Å². The van der Waals surface area contributed by atoms with Crippen LogP contribution in [0.5, 0.6) is 0 Å². The molecule has 0 atom stereocenters. The van der Waals surface area contributed by atoms with Gasteiger partial charge in [-0.15, -0.1) is 0 Å². The highest BCUT2D eigenvalue weighted by atomic mass is 35.5. The molecule has 0 saturated heterocycles. The Morgan fingerprint density at radius 1 is 1.08 bits per heavy atom. The number of anilines is 1. The third-order valence-electron chi connectivity index (χ3n) is 3.79. The lowest BCUT2D eigenvalue weighted by Crippen LogP contribution is -2.33. The molecule has 0 aromatic heterocycles. The molecular formula is C19H20ClF2NO. The van der Waals surface area contributed by atoms with Crippen molar-refractivity contribution in [1.82, 2.24) is 0 Å². The average molecular weight is 352 g/mol. The standard InChI is InChI=1S/C19H20ClF2NO/c1-2-3-4-7-12-23(18-11-10-14(21)13-17(18)22)19(24)15-8-5-6-9-16(15)20/h5-6,8-11,13H,2-4,7,12H2,1H3. The normalized spacial score (nSPS) is 10.7. The van der Waals surface area contributed by atoms with E-state index in [1.54, 1.807) is 24.3 Å². The summed E-state index contributed by atoms with van der Waals surface area (Å²) in [6.07, 6.45) is 3.77. The first-order valence-corrected chi connectivity index (χ1v) is 8.43. The number of carbonyl (C=O) groups is 1. The van der Waals surface area contributed by atoms with E-state index in [0.717, 1.165) is 37.8 Å². The van der Waals surface area contributed by atoms with Gasteiger partial charge in [0, 0.05) is 12.6 Å². The number of unbranched alkanes of at least 4 members (excludes halogenated alkanes) is 3. The Kier molecular flexibility index (Phi) is 6.73. The second-order valence-electron chi connectivity index (χ2n) is 5.59. The van der Waals surface area contributed by atoms with Gasteiger partial charge in [-0.05, 0) is 30.7 Å². The first-order chi connectivity index (χ1) is 11.5. The maximum Gasteiger partial charge on any atom is 0.259 e. The highest BCUT2D eigenvalue weighted by molar-refractivity contribution is 6.34. The monoisotopic (exact) mass is 351 g/mol. The first kappa shape index (κ1) is 18.4. The molecular weight excluding hydrogens is 332 g/mol. The van der Waals surface area contributed by atoms with Gasteiger partial charge < -0.3 is 4.90 Å². The minimum Gasteiger partial charge on any atom is -0.305 e. The predicted molar refractivity (Wildman–Crippen MR) is 93.6 cm³/mol. The molecule has 2 nitrogen and oxygen atoms in total. The van der Waals surface area contributed by atoms with E-state index in [2.05, 4.69) is 6.92 Å². The summed E-state index contributed by atoms with van der Waals surface area (Å²) in [5, 5.41) is 0.309. The van der Waals surface area contributed by atoms with Crippen molar-refractivity contribution in [2.45, 2.75) is 32.6 Å². The second kappa shape index (κ2) is 8.78. The van der Waals surface area contributed by atoms with Gasteiger partial charge in [0.25, 0.3) is 5.91 Å². The second-order valence-corrected chi connectivity index (χ2v) is 6.00. The Hall–Kier alpha value is -1.94. The van der Waals surface area contributed by atoms with Crippen molar-refractivity contribution in [3.63, 3.8) is 0 Å². The van der Waals surface area contributed by atoms with Gasteiger partial charge in [0.05, 0.1) is 16.3 Å². The van der Waals surface area contributed by atoms with Crippen LogP contribution in [0, 0.1) is 11.6 Å². The highest BCUT2D eigenvalue weighted by Gasteiger charge is 2.22. The van der Waals surface area contributed by atoms with Gasteiger partial charge in [0.15, 0.2) is 0 Å². The molecule has 0 fully saturated rings. The molecule has 0 spiro atoms. The molecule has 0 unspecified atom stereocenters. The van der Waals surface area contributed by atoms with Crippen LogP contribution in [-0.4, -0.2) is 12.5 Å². The number of halogens is 3. The number of rotatable bonds is 7. The maximum absolute atomic E-state index is 14.2. The Balaban J connectivity index is 2.31. The summed E-state index contributed by atoms with van der Waals surface area (Å²) >= 11 is 6.10. The van der Waals surface area contributed by atoms with Crippen LogP contribution in [0.2, 0.25) is 5.02 Å². The molecule has 5 heteroatoms. The maximum atomic E-state index is 14.2. The van der Waals surface area contributed by atoms with E-state index in [1.807, 2.05) is 0 Å². The summed E-state index contributed by atoms with van der Waals surface area (Å²) in [4.78, 5) is 14.2. The molecule has 24 heavy (non-hydrogen) atoms. The minimum absolute atomic E-state index is 0.0674. The van der Waals surface area contributed by atoms with Gasteiger partial charge in [-0.25, -0.2) is 8.78 Å². The number of amides is 1. The Bertz CT molecular complexity index is 706. The van der Waals surface area contributed by atoms with E-state index in [1.165, 1.54) is 11.0 Å². The lowest BCUT2D eigenvalue weighted by Gasteiger charge is -2.24. The van der Waals surface area contributed by atoms with Crippen molar-refractivity contribution in [2.75, 3.05) is 11.4 Å². The average Bonchev–Trinajstić information content (AvgIpc) is 2.56. The molecule has 0 bridgehead atoms. The van der Waals surface area contributed by atoms with Gasteiger partial charge >= 0.3 is 0 Å². The molecule has 2 rings (SSSR count). The number of nitrogens with zero attached hydrogens (tertiary/aromatic N) is 1. The smallest absolute Gasteiger partial charge is 0.259 e. The van der Waals surface area contributed by atoms with E-state index < -0.39 is 11.6 Å². The quantitative estimate of drug-likeness (QED) is 0.573. The molecule has 0 aliphatic rings. The zero-order chi connectivity index (χ0) is 17.5. The van der Waals surface area contributed by atoms with Crippen LogP contribution in [0.25, 0.3) is 0 Å². The molecule has 1 amide bonds. The number of carbonyl (C=O) groups excluding carboxylic acids is 1. The summed E-state index contributed by atoms with van der Waals surface area (Å²) in [7, 11) is 0. The van der Waals surface area contributed by atoms with E-state index in [-0.39, 0.29) is 11.6 Å². The minimum atomic E-state index is -0.758. The van der Waals surface area contributed by atoms with Crippen LogP contribution in [0.15, 0.2) is 42.5 Å².